The average molecular weight is 451 g/mol. The Hall–Kier alpha value is -3.12. The molecule has 3 aliphatic carbocycles. The van der Waals surface area contributed by atoms with Crippen LogP contribution in [-0.2, 0) is 4.79 Å². The van der Waals surface area contributed by atoms with E-state index < -0.39 is 0 Å². The van der Waals surface area contributed by atoms with Crippen LogP contribution in [-0.4, -0.2) is 28.8 Å². The first-order chi connectivity index (χ1) is 15.4. The van der Waals surface area contributed by atoms with Crippen LogP contribution in [0.3, 0.4) is 0 Å². The lowest BCUT2D eigenvalue weighted by Crippen LogP contribution is -2.75. The van der Waals surface area contributed by atoms with Crippen LogP contribution in [0.1, 0.15) is 41.7 Å². The minimum Gasteiger partial charge on any atom is -0.486 e. The number of rotatable bonds is 8. The van der Waals surface area contributed by atoms with E-state index in [9.17, 15) is 9.59 Å². The van der Waals surface area contributed by atoms with Gasteiger partial charge in [0.15, 0.2) is 5.78 Å². The van der Waals surface area contributed by atoms with Crippen molar-refractivity contribution in [3.8, 4) is 17.1 Å². The van der Waals surface area contributed by atoms with E-state index in [0.717, 1.165) is 30.4 Å². The van der Waals surface area contributed by atoms with Crippen molar-refractivity contribution in [1.29, 1.82) is 0 Å². The number of benzene rings is 1. The number of ketones is 1. The van der Waals surface area contributed by atoms with Gasteiger partial charge >= 0.3 is 0 Å². The number of hydrogen-bond donors (Lipinski definition) is 1. The Bertz CT molecular complexity index is 1150. The molecule has 3 saturated carbocycles. The van der Waals surface area contributed by atoms with Crippen LogP contribution in [0.25, 0.3) is 11.3 Å². The van der Waals surface area contributed by atoms with Crippen molar-refractivity contribution in [2.45, 2.75) is 38.1 Å². The average Bonchev–Trinajstić information content (AvgIpc) is 3.27. The molecule has 7 heteroatoms. The number of ether oxygens (including phenoxy) is 1. The quantitative estimate of drug-likeness (QED) is 0.522. The van der Waals surface area contributed by atoms with Gasteiger partial charge in [-0.1, -0.05) is 11.6 Å². The zero-order chi connectivity index (χ0) is 22.3. The number of aryl methyl sites for hydroxylation is 1. The molecule has 2 bridgehead atoms. The van der Waals surface area contributed by atoms with Crippen molar-refractivity contribution in [2.24, 2.45) is 5.41 Å². The number of pyridine rings is 1. The second-order valence-electron chi connectivity index (χ2n) is 9.09. The molecule has 164 valence electrons. The summed E-state index contributed by atoms with van der Waals surface area (Å²) < 4.78 is 11.0. The van der Waals surface area contributed by atoms with E-state index in [2.05, 4.69) is 10.3 Å². The second-order valence-corrected chi connectivity index (χ2v) is 9.50. The lowest BCUT2D eigenvalue weighted by molar-refractivity contribution is -0.162. The topological polar surface area (TPSA) is 81.4 Å². The second kappa shape index (κ2) is 7.78. The Morgan fingerprint density at radius 2 is 2.00 bits per heavy atom. The molecule has 6 rings (SSSR count). The molecule has 1 aromatic carbocycles. The zero-order valence-corrected chi connectivity index (χ0v) is 18.4. The summed E-state index contributed by atoms with van der Waals surface area (Å²) in [6.07, 6.45) is 6.18. The highest BCUT2D eigenvalue weighted by molar-refractivity contribution is 6.31. The number of nitrogens with zero attached hydrogens (tertiary/aromatic N) is 1. The van der Waals surface area contributed by atoms with Crippen LogP contribution < -0.4 is 10.1 Å². The molecule has 3 aromatic rings. The number of furan rings is 1. The molecule has 0 saturated heterocycles. The van der Waals surface area contributed by atoms with Crippen molar-refractivity contribution >= 4 is 23.3 Å². The van der Waals surface area contributed by atoms with Crippen LogP contribution in [0.2, 0.25) is 5.02 Å². The number of halogens is 1. The van der Waals surface area contributed by atoms with E-state index in [1.165, 1.54) is 0 Å². The molecular formula is C25H23ClN2O4. The fourth-order valence-corrected chi connectivity index (χ4v) is 5.20. The van der Waals surface area contributed by atoms with Gasteiger partial charge in [-0.15, -0.1) is 0 Å². The van der Waals surface area contributed by atoms with Crippen molar-refractivity contribution in [2.75, 3.05) is 6.61 Å². The van der Waals surface area contributed by atoms with E-state index in [1.54, 1.807) is 30.7 Å². The molecule has 0 aliphatic heterocycles. The molecule has 3 aliphatic rings. The predicted molar refractivity (Wildman–Crippen MR) is 120 cm³/mol. The standard InChI is InChI=1S/C25H23ClN2O4/c1-16-9-19(5-6-20(16)26)32-12-18(29)10-24-13-25(14-24,15-24)28-23(30)21-7-4-17(11-27-21)22-3-2-8-31-22/h2-9,11H,10,12-15H2,1H3,(H,28,30). The zero-order valence-electron chi connectivity index (χ0n) is 17.7. The number of carbonyl (C=O) groups excluding carboxylic acids is 2. The highest BCUT2D eigenvalue weighted by Crippen LogP contribution is 2.69. The minimum absolute atomic E-state index is 0.000207. The molecular weight excluding hydrogens is 428 g/mol. The summed E-state index contributed by atoms with van der Waals surface area (Å²) >= 11 is 6.02. The maximum Gasteiger partial charge on any atom is 0.270 e. The minimum atomic E-state index is -0.202. The number of aromatic nitrogens is 1. The molecule has 1 amide bonds. The van der Waals surface area contributed by atoms with Crippen LogP contribution in [0.15, 0.2) is 59.3 Å². The summed E-state index contributed by atoms with van der Waals surface area (Å²) in [5, 5.41) is 3.79. The van der Waals surface area contributed by atoms with Crippen LogP contribution in [0.4, 0.5) is 0 Å². The lowest BCUT2D eigenvalue weighted by Gasteiger charge is -2.70. The third kappa shape index (κ3) is 3.91. The maximum absolute atomic E-state index is 12.6. The molecule has 3 fully saturated rings. The Balaban J connectivity index is 1.09. The van der Waals surface area contributed by atoms with Crippen LogP contribution in [0.5, 0.6) is 5.75 Å². The molecule has 0 radical (unpaired) electrons. The largest absolute Gasteiger partial charge is 0.486 e. The van der Waals surface area contributed by atoms with Crippen LogP contribution >= 0.6 is 11.6 Å². The first-order valence-electron chi connectivity index (χ1n) is 10.6. The predicted octanol–water partition coefficient (Wildman–Crippen LogP) is 4.99. The molecule has 0 atom stereocenters. The first kappa shape index (κ1) is 20.8. The van der Waals surface area contributed by atoms with E-state index >= 15 is 0 Å². The fourth-order valence-electron chi connectivity index (χ4n) is 5.08. The smallest absolute Gasteiger partial charge is 0.270 e. The van der Waals surface area contributed by atoms with Crippen LogP contribution in [0, 0.1) is 12.3 Å². The van der Waals surface area contributed by atoms with Gasteiger partial charge in [-0.2, -0.15) is 0 Å². The number of carbonyl (C=O) groups is 2. The van der Waals surface area contributed by atoms with Crippen molar-refractivity contribution < 1.29 is 18.7 Å². The van der Waals surface area contributed by atoms with Gasteiger partial charge in [0, 0.05) is 28.7 Å². The Morgan fingerprint density at radius 3 is 2.66 bits per heavy atom. The normalized spacial score (nSPS) is 23.1. The molecule has 6 nitrogen and oxygen atoms in total. The van der Waals surface area contributed by atoms with E-state index in [0.29, 0.717) is 28.6 Å². The lowest BCUT2D eigenvalue weighted by atomic mass is 9.38. The van der Waals surface area contributed by atoms with Gasteiger partial charge in [-0.05, 0) is 79.6 Å². The summed E-state index contributed by atoms with van der Waals surface area (Å²) in [7, 11) is 0. The fraction of sp³-hybridized carbons (Fsp3) is 0.320. The van der Waals surface area contributed by atoms with Gasteiger partial charge in [-0.3, -0.25) is 14.6 Å². The van der Waals surface area contributed by atoms with Gasteiger partial charge in [0.1, 0.15) is 23.8 Å². The first-order valence-corrected chi connectivity index (χ1v) is 11.0. The summed E-state index contributed by atoms with van der Waals surface area (Å²) in [5.41, 5.74) is 1.92. The number of amides is 1. The van der Waals surface area contributed by atoms with E-state index in [-0.39, 0.29) is 29.3 Å². The van der Waals surface area contributed by atoms with Gasteiger partial charge < -0.3 is 14.5 Å². The van der Waals surface area contributed by atoms with Gasteiger partial charge in [0.2, 0.25) is 0 Å². The third-order valence-electron chi connectivity index (χ3n) is 6.42. The molecule has 32 heavy (non-hydrogen) atoms. The molecule has 1 N–H and O–H groups in total. The maximum atomic E-state index is 12.6. The summed E-state index contributed by atoms with van der Waals surface area (Å²) in [5.74, 6) is 1.25. The summed E-state index contributed by atoms with van der Waals surface area (Å²) in [6.45, 7) is 1.95. The van der Waals surface area contributed by atoms with Gasteiger partial charge in [0.05, 0.1) is 6.26 Å². The molecule has 2 aromatic heterocycles. The molecule has 2 heterocycles. The van der Waals surface area contributed by atoms with Gasteiger partial charge in [0.25, 0.3) is 5.91 Å². The van der Waals surface area contributed by atoms with Crippen molar-refractivity contribution in [3.63, 3.8) is 0 Å². The summed E-state index contributed by atoms with van der Waals surface area (Å²) in [4.78, 5) is 29.3. The monoisotopic (exact) mass is 450 g/mol. The summed E-state index contributed by atoms with van der Waals surface area (Å²) in [6, 6.07) is 12.5. The molecule has 0 spiro atoms. The number of Topliss-reactive ketones (excluding diaryl/α,β-unsaturated/α-hetero) is 1. The van der Waals surface area contributed by atoms with Crippen molar-refractivity contribution in [1.82, 2.24) is 10.3 Å². The highest BCUT2D eigenvalue weighted by atomic mass is 35.5. The van der Waals surface area contributed by atoms with Gasteiger partial charge in [-0.25, -0.2) is 0 Å². The van der Waals surface area contributed by atoms with E-state index in [1.807, 2.05) is 31.2 Å². The number of hydrogen-bond acceptors (Lipinski definition) is 5. The van der Waals surface area contributed by atoms with E-state index in [4.69, 9.17) is 20.8 Å². The van der Waals surface area contributed by atoms with Crippen molar-refractivity contribution in [3.05, 3.63) is 71.2 Å². The Labute approximate surface area is 190 Å². The number of nitrogens with one attached hydrogen (secondary N) is 1. The third-order valence-corrected chi connectivity index (χ3v) is 6.85. The Morgan fingerprint density at radius 1 is 1.19 bits per heavy atom. The Kier molecular flexibility index (Phi) is 5.05. The SMILES string of the molecule is Cc1cc(OCC(=O)CC23CC(NC(=O)c4ccc(-c5ccco5)cn4)(C2)C3)ccc1Cl. The molecule has 0 unspecified atom stereocenters. The highest BCUT2D eigenvalue weighted by Gasteiger charge is 2.68.